The lowest BCUT2D eigenvalue weighted by atomic mass is 9.89. The van der Waals surface area contributed by atoms with Crippen LogP contribution in [-0.4, -0.2) is 50.1 Å². The normalized spacial score (nSPS) is 12.2. The van der Waals surface area contributed by atoms with Crippen molar-refractivity contribution in [2.75, 3.05) is 33.7 Å². The molecule has 0 radical (unpaired) electrons. The molecule has 5 heteroatoms. The first-order chi connectivity index (χ1) is 9.10. The number of nitrogens with zero attached hydrogens (tertiary/aromatic N) is 1. The average Bonchev–Trinajstić information content (AvgIpc) is 2.33. The van der Waals surface area contributed by atoms with E-state index in [1.807, 2.05) is 20.8 Å². The van der Waals surface area contributed by atoms with Crippen molar-refractivity contribution in [3.8, 4) is 0 Å². The van der Waals surface area contributed by atoms with Crippen LogP contribution >= 0.6 is 0 Å². The molecule has 0 rings (SSSR count). The number of aliphatic carboxylic acids is 1. The maximum Gasteiger partial charge on any atom is 0.225 e. The van der Waals surface area contributed by atoms with Crippen molar-refractivity contribution in [1.29, 1.82) is 0 Å². The second kappa shape index (κ2) is 8.25. The number of carbonyl (C=O) groups is 2. The van der Waals surface area contributed by atoms with Gasteiger partial charge in [0.1, 0.15) is 0 Å². The van der Waals surface area contributed by atoms with Gasteiger partial charge in [-0.05, 0) is 12.8 Å². The van der Waals surface area contributed by atoms with Gasteiger partial charge in [-0.1, -0.05) is 20.8 Å². The van der Waals surface area contributed by atoms with Gasteiger partial charge >= 0.3 is 0 Å². The number of carboxylic acid groups (broad SMARTS) is 1. The minimum atomic E-state index is -0.987. The molecule has 0 heterocycles. The van der Waals surface area contributed by atoms with E-state index in [2.05, 4.69) is 19.4 Å². The molecular weight excluding hydrogens is 256 g/mol. The van der Waals surface area contributed by atoms with Crippen molar-refractivity contribution in [2.45, 2.75) is 46.5 Å². The first kappa shape index (κ1) is 18.9. The SMILES string of the molecule is CCC(C)(C)C(=O)NCCC[N+](C)(C)CCCC(=O)[O-]. The van der Waals surface area contributed by atoms with Crippen LogP contribution in [0.2, 0.25) is 0 Å². The Bertz CT molecular complexity index is 325. The van der Waals surface area contributed by atoms with Crippen LogP contribution in [0.15, 0.2) is 0 Å². The second-order valence-electron chi connectivity index (χ2n) is 6.71. The van der Waals surface area contributed by atoms with E-state index < -0.39 is 5.97 Å². The van der Waals surface area contributed by atoms with Crippen molar-refractivity contribution in [3.63, 3.8) is 0 Å². The van der Waals surface area contributed by atoms with E-state index >= 15 is 0 Å². The Morgan fingerprint density at radius 3 is 2.20 bits per heavy atom. The van der Waals surface area contributed by atoms with Crippen LogP contribution in [0.4, 0.5) is 0 Å². The molecule has 0 spiro atoms. The van der Waals surface area contributed by atoms with Crippen LogP contribution in [0.25, 0.3) is 0 Å². The molecule has 5 nitrogen and oxygen atoms in total. The molecule has 20 heavy (non-hydrogen) atoms. The summed E-state index contributed by atoms with van der Waals surface area (Å²) in [6, 6.07) is 0. The van der Waals surface area contributed by atoms with Gasteiger partial charge in [0.05, 0.1) is 27.2 Å². The van der Waals surface area contributed by atoms with Gasteiger partial charge < -0.3 is 19.7 Å². The third-order valence-electron chi connectivity index (χ3n) is 3.87. The van der Waals surface area contributed by atoms with Crippen LogP contribution in [0.3, 0.4) is 0 Å². The van der Waals surface area contributed by atoms with Gasteiger partial charge in [0.25, 0.3) is 0 Å². The predicted molar refractivity (Wildman–Crippen MR) is 77.8 cm³/mol. The third-order valence-corrected chi connectivity index (χ3v) is 3.87. The highest BCUT2D eigenvalue weighted by molar-refractivity contribution is 5.81. The zero-order valence-electron chi connectivity index (χ0n) is 13.6. The Morgan fingerprint density at radius 2 is 1.70 bits per heavy atom. The van der Waals surface area contributed by atoms with E-state index in [4.69, 9.17) is 0 Å². The summed E-state index contributed by atoms with van der Waals surface area (Å²) >= 11 is 0. The minimum Gasteiger partial charge on any atom is -0.550 e. The van der Waals surface area contributed by atoms with Crippen LogP contribution in [0.1, 0.15) is 46.5 Å². The molecule has 0 aliphatic heterocycles. The van der Waals surface area contributed by atoms with Crippen LogP contribution in [0.5, 0.6) is 0 Å². The van der Waals surface area contributed by atoms with Gasteiger partial charge in [0.15, 0.2) is 0 Å². The number of amides is 1. The Balaban J connectivity index is 3.88. The summed E-state index contributed by atoms with van der Waals surface area (Å²) in [6.45, 7) is 8.30. The monoisotopic (exact) mass is 286 g/mol. The van der Waals surface area contributed by atoms with Gasteiger partial charge in [0, 0.05) is 30.8 Å². The molecule has 0 fully saturated rings. The first-order valence-electron chi connectivity index (χ1n) is 7.41. The molecule has 0 saturated carbocycles. The van der Waals surface area contributed by atoms with E-state index in [0.717, 1.165) is 30.4 Å². The number of nitrogens with one attached hydrogen (secondary N) is 1. The van der Waals surface area contributed by atoms with Gasteiger partial charge in [-0.3, -0.25) is 4.79 Å². The minimum absolute atomic E-state index is 0.0993. The molecule has 118 valence electrons. The zero-order chi connectivity index (χ0) is 15.8. The lowest BCUT2D eigenvalue weighted by molar-refractivity contribution is -0.890. The molecule has 0 aliphatic carbocycles. The largest absolute Gasteiger partial charge is 0.550 e. The summed E-state index contributed by atoms with van der Waals surface area (Å²) < 4.78 is 0.764. The maximum atomic E-state index is 11.9. The molecule has 0 aromatic carbocycles. The zero-order valence-corrected chi connectivity index (χ0v) is 13.6. The lowest BCUT2D eigenvalue weighted by Gasteiger charge is -2.30. The average molecular weight is 286 g/mol. The van der Waals surface area contributed by atoms with Crippen molar-refractivity contribution in [1.82, 2.24) is 5.32 Å². The van der Waals surface area contributed by atoms with Gasteiger partial charge in [0.2, 0.25) is 5.91 Å². The molecule has 1 N–H and O–H groups in total. The van der Waals surface area contributed by atoms with Crippen molar-refractivity contribution < 1.29 is 19.2 Å². The number of rotatable bonds is 10. The maximum absolute atomic E-state index is 11.9. The third kappa shape index (κ3) is 8.15. The highest BCUT2D eigenvalue weighted by Gasteiger charge is 2.24. The molecule has 0 atom stereocenters. The van der Waals surface area contributed by atoms with Crippen molar-refractivity contribution >= 4 is 11.9 Å². The molecule has 0 aliphatic rings. The fraction of sp³-hybridized carbons (Fsp3) is 0.867. The molecule has 0 unspecified atom stereocenters. The van der Waals surface area contributed by atoms with Crippen LogP contribution in [-0.2, 0) is 9.59 Å². The van der Waals surface area contributed by atoms with E-state index in [1.165, 1.54) is 0 Å². The summed E-state index contributed by atoms with van der Waals surface area (Å²) in [5.74, 6) is -0.888. The number of carbonyl (C=O) groups excluding carboxylic acids is 2. The molecule has 1 amide bonds. The van der Waals surface area contributed by atoms with Gasteiger partial charge in [-0.15, -0.1) is 0 Å². The van der Waals surface area contributed by atoms with Crippen LogP contribution in [0, 0.1) is 5.41 Å². The summed E-state index contributed by atoms with van der Waals surface area (Å²) in [6.07, 6.45) is 2.46. The lowest BCUT2D eigenvalue weighted by Crippen LogP contribution is -2.44. The smallest absolute Gasteiger partial charge is 0.225 e. The highest BCUT2D eigenvalue weighted by Crippen LogP contribution is 2.19. The highest BCUT2D eigenvalue weighted by atomic mass is 16.4. The summed E-state index contributed by atoms with van der Waals surface area (Å²) in [5.41, 5.74) is -0.307. The van der Waals surface area contributed by atoms with Crippen molar-refractivity contribution in [3.05, 3.63) is 0 Å². The second-order valence-corrected chi connectivity index (χ2v) is 6.71. The summed E-state index contributed by atoms with van der Waals surface area (Å²) in [7, 11) is 4.15. The Hall–Kier alpha value is -1.10. The van der Waals surface area contributed by atoms with Crippen molar-refractivity contribution in [2.24, 2.45) is 5.41 Å². The topological polar surface area (TPSA) is 69.2 Å². The molecule has 0 saturated heterocycles. The van der Waals surface area contributed by atoms with E-state index in [0.29, 0.717) is 13.0 Å². The fourth-order valence-corrected chi connectivity index (χ4v) is 1.87. The van der Waals surface area contributed by atoms with E-state index in [9.17, 15) is 14.7 Å². The Labute approximate surface area is 122 Å². The number of quaternary nitrogens is 1. The quantitative estimate of drug-likeness (QED) is 0.470. The Morgan fingerprint density at radius 1 is 1.15 bits per heavy atom. The fourth-order valence-electron chi connectivity index (χ4n) is 1.87. The first-order valence-corrected chi connectivity index (χ1v) is 7.41. The Kier molecular flexibility index (Phi) is 7.79. The van der Waals surface area contributed by atoms with Gasteiger partial charge in [-0.2, -0.15) is 0 Å². The number of hydrogen-bond acceptors (Lipinski definition) is 3. The molecule has 0 aromatic rings. The predicted octanol–water partition coefficient (Wildman–Crippen LogP) is 0.535. The molecular formula is C15H30N2O3. The standard InChI is InChI=1S/C15H30N2O3/c1-6-15(2,3)14(20)16-10-8-12-17(4,5)11-7-9-13(18)19/h6-12H2,1-5H3,(H-,16,18,19,20). The molecule has 0 bridgehead atoms. The van der Waals surface area contributed by atoms with Gasteiger partial charge in [-0.25, -0.2) is 0 Å². The molecule has 0 aromatic heterocycles. The van der Waals surface area contributed by atoms with E-state index in [-0.39, 0.29) is 17.7 Å². The number of hydrogen-bond donors (Lipinski definition) is 1. The summed E-state index contributed by atoms with van der Waals surface area (Å²) in [5, 5.41) is 13.3. The number of carboxylic acids is 1. The van der Waals surface area contributed by atoms with Crippen LogP contribution < -0.4 is 10.4 Å². The van der Waals surface area contributed by atoms with E-state index in [1.54, 1.807) is 0 Å². The summed E-state index contributed by atoms with van der Waals surface area (Å²) in [4.78, 5) is 22.3.